The van der Waals surface area contributed by atoms with Crippen LogP contribution in [0.2, 0.25) is 0 Å². The fourth-order valence-electron chi connectivity index (χ4n) is 5.59. The van der Waals surface area contributed by atoms with Gasteiger partial charge in [-0.05, 0) is 38.7 Å². The molecule has 244 valence electrons. The van der Waals surface area contributed by atoms with Gasteiger partial charge in [0.2, 0.25) is 5.76 Å². The number of hydrogen-bond acceptors (Lipinski definition) is 13. The van der Waals surface area contributed by atoms with Crippen molar-refractivity contribution in [3.63, 3.8) is 0 Å². The summed E-state index contributed by atoms with van der Waals surface area (Å²) in [5.41, 5.74) is 3.25. The average Bonchev–Trinajstić information content (AvgIpc) is 3.86. The molecule has 2 aliphatic rings. The SMILES string of the molecule is CCCOC(=O)c1[nH]c2c(c1C)C(=O)CN(c1ncco1)C2.Cc1c(C(=O)OCCCCO)oc2c1C(=O)CC(c1ncco1)C2. The molecule has 1 atom stereocenters. The standard InChI is InChI=1S/C17H19NO6.C15H17N3O4/c1-10-14-12(20)8-11(16-18-4-7-22-16)9-13(14)24-15(10)17(21)23-6-3-2-5-19;1-3-5-21-14(20)13-9(2)12-10(17-13)7-18(8-11(12)19)15-16-4-6-22-15/h4,7,11,19H,2-3,5-6,8-9H2,1H3;4,6,17H,3,5,7-8H2,1-2H3. The Hall–Kier alpha value is -4.98. The lowest BCUT2D eigenvalue weighted by Gasteiger charge is -2.24. The van der Waals surface area contributed by atoms with Crippen molar-refractivity contribution in [3.8, 4) is 0 Å². The molecule has 0 amide bonds. The summed E-state index contributed by atoms with van der Waals surface area (Å²) < 4.78 is 26.4. The van der Waals surface area contributed by atoms with E-state index < -0.39 is 11.9 Å². The van der Waals surface area contributed by atoms with Gasteiger partial charge in [0.1, 0.15) is 24.0 Å². The van der Waals surface area contributed by atoms with Gasteiger partial charge in [-0.3, -0.25) is 9.59 Å². The molecule has 0 aromatic carbocycles. The van der Waals surface area contributed by atoms with Crippen LogP contribution >= 0.6 is 0 Å². The number of anilines is 1. The van der Waals surface area contributed by atoms with Crippen molar-refractivity contribution in [2.45, 2.75) is 65.3 Å². The Labute approximate surface area is 264 Å². The first-order valence-electron chi connectivity index (χ1n) is 15.1. The third-order valence-electron chi connectivity index (χ3n) is 7.75. The van der Waals surface area contributed by atoms with Crippen LogP contribution in [0.5, 0.6) is 0 Å². The number of unbranched alkanes of at least 4 members (excludes halogenated alkanes) is 1. The molecule has 0 spiro atoms. The number of oxazole rings is 2. The van der Waals surface area contributed by atoms with E-state index in [9.17, 15) is 19.2 Å². The second kappa shape index (κ2) is 14.4. The number of H-pyrrole nitrogens is 1. The van der Waals surface area contributed by atoms with Gasteiger partial charge in [0, 0.05) is 42.2 Å². The number of aliphatic hydroxyl groups is 1. The van der Waals surface area contributed by atoms with Gasteiger partial charge in [0.05, 0.1) is 44.3 Å². The van der Waals surface area contributed by atoms with Crippen molar-refractivity contribution in [3.05, 3.63) is 76.0 Å². The molecule has 14 heteroatoms. The Kier molecular flexibility index (Phi) is 10.2. The summed E-state index contributed by atoms with van der Waals surface area (Å²) >= 11 is 0. The average molecular weight is 637 g/mol. The van der Waals surface area contributed by atoms with Gasteiger partial charge in [0.15, 0.2) is 17.5 Å². The lowest BCUT2D eigenvalue weighted by Crippen LogP contribution is -2.35. The number of furan rings is 1. The van der Waals surface area contributed by atoms with Crippen molar-refractivity contribution < 1.29 is 47.0 Å². The van der Waals surface area contributed by atoms with Crippen molar-refractivity contribution in [2.75, 3.05) is 31.3 Å². The molecule has 1 aliphatic carbocycles. The number of rotatable bonds is 10. The minimum Gasteiger partial charge on any atom is -0.461 e. The molecular weight excluding hydrogens is 600 g/mol. The predicted octanol–water partition coefficient (Wildman–Crippen LogP) is 4.50. The predicted molar refractivity (Wildman–Crippen MR) is 160 cm³/mol. The first kappa shape index (κ1) is 32.4. The van der Waals surface area contributed by atoms with Crippen LogP contribution in [0.4, 0.5) is 6.01 Å². The quantitative estimate of drug-likeness (QED) is 0.183. The fourth-order valence-corrected chi connectivity index (χ4v) is 5.59. The third kappa shape index (κ3) is 6.81. The molecular formula is C32H36N4O10. The largest absolute Gasteiger partial charge is 0.461 e. The van der Waals surface area contributed by atoms with Gasteiger partial charge < -0.3 is 37.7 Å². The number of carbonyl (C=O) groups is 4. The van der Waals surface area contributed by atoms with E-state index >= 15 is 0 Å². The zero-order valence-electron chi connectivity index (χ0n) is 25.9. The van der Waals surface area contributed by atoms with Gasteiger partial charge >= 0.3 is 11.9 Å². The molecule has 14 nitrogen and oxygen atoms in total. The molecule has 0 radical (unpaired) electrons. The molecule has 1 unspecified atom stereocenters. The van der Waals surface area contributed by atoms with Gasteiger partial charge in [-0.25, -0.2) is 19.6 Å². The van der Waals surface area contributed by atoms with E-state index in [-0.39, 0.29) is 49.4 Å². The Bertz CT molecular complexity index is 1680. The lowest BCUT2D eigenvalue weighted by molar-refractivity contribution is 0.0451. The Morgan fingerprint density at radius 1 is 0.957 bits per heavy atom. The summed E-state index contributed by atoms with van der Waals surface area (Å²) in [6.07, 6.45) is 8.63. The van der Waals surface area contributed by atoms with Crippen LogP contribution in [0, 0.1) is 13.8 Å². The number of aliphatic hydroxyl groups excluding tert-OH is 1. The number of Topliss-reactive ketones (excluding diaryl/α,β-unsaturated/α-hetero) is 2. The van der Waals surface area contributed by atoms with E-state index in [1.165, 1.54) is 24.9 Å². The first-order chi connectivity index (χ1) is 22.2. The van der Waals surface area contributed by atoms with Gasteiger partial charge in [-0.1, -0.05) is 6.92 Å². The molecule has 0 fully saturated rings. The molecule has 1 aliphatic heterocycles. The Balaban J connectivity index is 0.000000182. The maximum Gasteiger partial charge on any atom is 0.374 e. The number of carbonyl (C=O) groups excluding carboxylic acids is 4. The highest BCUT2D eigenvalue weighted by atomic mass is 16.5. The number of nitrogens with one attached hydrogen (secondary N) is 1. The highest BCUT2D eigenvalue weighted by Gasteiger charge is 2.36. The van der Waals surface area contributed by atoms with Crippen LogP contribution in [0.1, 0.15) is 109 Å². The summed E-state index contributed by atoms with van der Waals surface area (Å²) in [7, 11) is 0. The van der Waals surface area contributed by atoms with Crippen molar-refractivity contribution in [1.82, 2.24) is 15.0 Å². The number of fused-ring (bicyclic) bond motifs is 2. The number of aromatic nitrogens is 3. The highest BCUT2D eigenvalue weighted by Crippen LogP contribution is 2.36. The Morgan fingerprint density at radius 3 is 2.41 bits per heavy atom. The van der Waals surface area contributed by atoms with Crippen LogP contribution in [0.3, 0.4) is 0 Å². The minimum absolute atomic E-state index is 0.0579. The van der Waals surface area contributed by atoms with Crippen molar-refractivity contribution >= 4 is 29.5 Å². The van der Waals surface area contributed by atoms with E-state index in [0.717, 1.165) is 6.42 Å². The maximum atomic E-state index is 12.4. The molecule has 0 saturated heterocycles. The molecule has 6 rings (SSSR count). The van der Waals surface area contributed by atoms with Crippen LogP contribution in [0.15, 0.2) is 38.2 Å². The second-order valence-electron chi connectivity index (χ2n) is 11.0. The molecule has 5 heterocycles. The van der Waals surface area contributed by atoms with Crippen molar-refractivity contribution in [1.29, 1.82) is 0 Å². The first-order valence-corrected chi connectivity index (χ1v) is 15.1. The molecule has 0 saturated carbocycles. The second-order valence-corrected chi connectivity index (χ2v) is 11.0. The summed E-state index contributed by atoms with van der Waals surface area (Å²) in [6, 6.07) is 0.390. The molecule has 46 heavy (non-hydrogen) atoms. The highest BCUT2D eigenvalue weighted by molar-refractivity contribution is 6.05. The van der Waals surface area contributed by atoms with E-state index in [0.29, 0.717) is 83.7 Å². The summed E-state index contributed by atoms with van der Waals surface area (Å²) in [6.45, 7) is 6.61. The van der Waals surface area contributed by atoms with E-state index in [1.54, 1.807) is 18.7 Å². The van der Waals surface area contributed by atoms with Gasteiger partial charge in [-0.2, -0.15) is 0 Å². The molecule has 0 bridgehead atoms. The minimum atomic E-state index is -0.583. The maximum absolute atomic E-state index is 12.4. The number of esters is 2. The summed E-state index contributed by atoms with van der Waals surface area (Å²) in [5, 5.41) is 8.73. The monoisotopic (exact) mass is 636 g/mol. The van der Waals surface area contributed by atoms with Crippen molar-refractivity contribution in [2.24, 2.45) is 0 Å². The summed E-state index contributed by atoms with van der Waals surface area (Å²) in [5.74, 6) is -0.290. The number of ether oxygens (including phenoxy) is 2. The summed E-state index contributed by atoms with van der Waals surface area (Å²) in [4.78, 5) is 61.9. The number of hydrogen-bond donors (Lipinski definition) is 2. The Morgan fingerprint density at radius 2 is 1.72 bits per heavy atom. The number of aromatic amines is 1. The zero-order valence-corrected chi connectivity index (χ0v) is 25.9. The van der Waals surface area contributed by atoms with Crippen LogP contribution in [-0.4, -0.2) is 69.9 Å². The van der Waals surface area contributed by atoms with Crippen LogP contribution < -0.4 is 4.90 Å². The third-order valence-corrected chi connectivity index (χ3v) is 7.75. The van der Waals surface area contributed by atoms with Crippen LogP contribution in [-0.2, 0) is 22.4 Å². The molecule has 2 N–H and O–H groups in total. The lowest BCUT2D eigenvalue weighted by atomic mass is 9.85. The fraction of sp³-hybridized carbons (Fsp3) is 0.438. The van der Waals surface area contributed by atoms with E-state index in [2.05, 4.69) is 15.0 Å². The van der Waals surface area contributed by atoms with Gasteiger partial charge in [0.25, 0.3) is 6.01 Å². The zero-order chi connectivity index (χ0) is 32.8. The topological polar surface area (TPSA) is 191 Å². The smallest absolute Gasteiger partial charge is 0.374 e. The van der Waals surface area contributed by atoms with E-state index in [4.69, 9.17) is 27.8 Å². The molecule has 4 aromatic heterocycles. The number of nitrogens with zero attached hydrogens (tertiary/aromatic N) is 3. The van der Waals surface area contributed by atoms with E-state index in [1.807, 2.05) is 6.92 Å². The van der Waals surface area contributed by atoms with Crippen LogP contribution in [0.25, 0.3) is 0 Å². The van der Waals surface area contributed by atoms with Gasteiger partial charge in [-0.15, -0.1) is 0 Å². The number of ketones is 2. The molecule has 4 aromatic rings. The normalized spacial score (nSPS) is 15.6.